The lowest BCUT2D eigenvalue weighted by atomic mass is 10.3. The van der Waals surface area contributed by atoms with Gasteiger partial charge in [0.1, 0.15) is 0 Å². The molecule has 1 heteroatoms. The zero-order chi connectivity index (χ0) is 5.54. The maximum absolute atomic E-state index is 4.94. The van der Waals surface area contributed by atoms with Crippen molar-refractivity contribution >= 4 is 0 Å². The van der Waals surface area contributed by atoms with Gasteiger partial charge in [0.05, 0.1) is 6.42 Å². The Labute approximate surface area is 44.2 Å². The molecule has 0 spiro atoms. The second-order valence-electron chi connectivity index (χ2n) is 1.09. The smallest absolute Gasteiger partial charge is 0.120 e. The highest BCUT2D eigenvalue weighted by Gasteiger charge is 1.78. The first kappa shape index (κ1) is 6.05. The van der Waals surface area contributed by atoms with Gasteiger partial charge in [0, 0.05) is 6.42 Å². The van der Waals surface area contributed by atoms with E-state index < -0.39 is 0 Å². The minimum atomic E-state index is 0.747. The molecule has 0 N–H and O–H groups in total. The van der Waals surface area contributed by atoms with Crippen LogP contribution in [0.4, 0.5) is 0 Å². The van der Waals surface area contributed by atoms with Crippen LogP contribution in [-0.2, 0) is 0 Å². The van der Waals surface area contributed by atoms with Gasteiger partial charge in [0.15, 0.2) is 0 Å². The molecule has 0 radical (unpaired) electrons. The maximum atomic E-state index is 4.94. The first-order chi connectivity index (χ1) is 3.41. The van der Waals surface area contributed by atoms with Crippen molar-refractivity contribution in [2.75, 3.05) is 7.05 Å². The highest BCUT2D eigenvalue weighted by Crippen LogP contribution is 1.80. The summed E-state index contributed by atoms with van der Waals surface area (Å²) >= 11 is 0. The van der Waals surface area contributed by atoms with Crippen LogP contribution >= 0.6 is 0 Å². The van der Waals surface area contributed by atoms with Crippen molar-refractivity contribution < 1.29 is 0 Å². The summed E-state index contributed by atoms with van der Waals surface area (Å²) in [6.07, 6.45) is 6.47. The molecule has 0 bridgehead atoms. The monoisotopic (exact) mass is 94.1 g/mol. The summed E-state index contributed by atoms with van der Waals surface area (Å²) in [5.74, 6) is 2.48. The van der Waals surface area contributed by atoms with Crippen LogP contribution in [-0.4, -0.2) is 7.05 Å². The lowest BCUT2D eigenvalue weighted by Crippen LogP contribution is -1.60. The molecule has 0 unspecified atom stereocenters. The molecule has 1 nitrogen and oxygen atoms in total. The number of unbranched alkanes of at least 4 members (excludes halogenated alkanes) is 1. The van der Waals surface area contributed by atoms with Crippen LogP contribution in [0.25, 0.3) is 4.85 Å². The third-order valence-electron chi connectivity index (χ3n) is 0.539. The van der Waals surface area contributed by atoms with Crippen molar-refractivity contribution in [3.05, 3.63) is 4.85 Å². The molecule has 0 aliphatic rings. The molecular weight excluding hydrogens is 86.1 g/mol. The summed E-state index contributed by atoms with van der Waals surface area (Å²) in [5.41, 5.74) is 0. The molecule has 0 aliphatic carbocycles. The SMILES string of the molecule is C#CCCC#[N+]C. The molecule has 0 amide bonds. The highest BCUT2D eigenvalue weighted by molar-refractivity contribution is 4.92. The van der Waals surface area contributed by atoms with E-state index in [2.05, 4.69) is 16.8 Å². The zero-order valence-electron chi connectivity index (χ0n) is 4.44. The quantitative estimate of drug-likeness (QED) is 0.341. The van der Waals surface area contributed by atoms with Crippen LogP contribution in [0.2, 0.25) is 0 Å². The van der Waals surface area contributed by atoms with Crippen LogP contribution in [0.15, 0.2) is 0 Å². The van der Waals surface area contributed by atoms with Crippen LogP contribution in [0, 0.1) is 18.4 Å². The van der Waals surface area contributed by atoms with Gasteiger partial charge in [0.25, 0.3) is 13.1 Å². The molecule has 0 saturated carbocycles. The van der Waals surface area contributed by atoms with Gasteiger partial charge in [-0.05, 0) is 0 Å². The van der Waals surface area contributed by atoms with Crippen LogP contribution < -0.4 is 0 Å². The maximum Gasteiger partial charge on any atom is 0.273 e. The summed E-state index contributed by atoms with van der Waals surface area (Å²) < 4.78 is 0. The summed E-state index contributed by atoms with van der Waals surface area (Å²) in [6.45, 7) is 0. The standard InChI is InChI=1S/C6H8N/c1-3-4-5-6-7-2/h1H,4-5H2,2H3/q+1. The van der Waals surface area contributed by atoms with Crippen molar-refractivity contribution in [3.8, 4) is 18.4 Å². The lowest BCUT2D eigenvalue weighted by molar-refractivity contribution is 1.12. The fraction of sp³-hybridized carbons (Fsp3) is 0.500. The molecule has 0 heterocycles. The van der Waals surface area contributed by atoms with Gasteiger partial charge in [-0.15, -0.1) is 12.3 Å². The summed E-state index contributed by atoms with van der Waals surface area (Å²) in [7, 11) is 1.69. The van der Waals surface area contributed by atoms with Crippen molar-refractivity contribution in [1.29, 1.82) is 0 Å². The van der Waals surface area contributed by atoms with Gasteiger partial charge in [-0.1, -0.05) is 4.85 Å². The molecule has 7 heavy (non-hydrogen) atoms. The number of hydrogen-bond donors (Lipinski definition) is 0. The van der Waals surface area contributed by atoms with Gasteiger partial charge < -0.3 is 0 Å². The fourth-order valence-corrected chi connectivity index (χ4v) is 0.240. The van der Waals surface area contributed by atoms with Crippen molar-refractivity contribution in [2.24, 2.45) is 0 Å². The number of nitrogens with zero attached hydrogens (tertiary/aromatic N) is 1. The van der Waals surface area contributed by atoms with Crippen molar-refractivity contribution in [3.63, 3.8) is 0 Å². The summed E-state index contributed by atoms with van der Waals surface area (Å²) in [6, 6.07) is 2.73. The molecule has 0 fully saturated rings. The minimum Gasteiger partial charge on any atom is -0.120 e. The van der Waals surface area contributed by atoms with Gasteiger partial charge in [-0.2, -0.15) is 0 Å². The predicted octanol–water partition coefficient (Wildman–Crippen LogP) is 1.36. The molecule has 0 aliphatic heterocycles. The molecular formula is C6H8N+. The Balaban J connectivity index is 2.98. The van der Waals surface area contributed by atoms with E-state index in [1.54, 1.807) is 7.05 Å². The second kappa shape index (κ2) is 5.05. The Morgan fingerprint density at radius 2 is 2.29 bits per heavy atom. The molecule has 0 aromatic carbocycles. The third-order valence-corrected chi connectivity index (χ3v) is 0.539. The minimum absolute atomic E-state index is 0.747. The molecule has 36 valence electrons. The van der Waals surface area contributed by atoms with Gasteiger partial charge in [0.2, 0.25) is 0 Å². The van der Waals surface area contributed by atoms with Crippen LogP contribution in [0.1, 0.15) is 12.8 Å². The molecule has 0 atom stereocenters. The number of terminal acetylenes is 1. The van der Waals surface area contributed by atoms with Gasteiger partial charge in [-0.25, -0.2) is 0 Å². The van der Waals surface area contributed by atoms with E-state index in [1.165, 1.54) is 0 Å². The zero-order valence-corrected chi connectivity index (χ0v) is 4.44. The third kappa shape index (κ3) is 5.05. The van der Waals surface area contributed by atoms with E-state index in [4.69, 9.17) is 6.42 Å². The van der Waals surface area contributed by atoms with E-state index in [-0.39, 0.29) is 0 Å². The van der Waals surface area contributed by atoms with E-state index >= 15 is 0 Å². The Hall–Kier alpha value is -0.950. The topological polar surface area (TPSA) is 4.36 Å². The first-order valence-corrected chi connectivity index (χ1v) is 2.17. The Morgan fingerprint density at radius 1 is 1.57 bits per heavy atom. The Kier molecular flexibility index (Phi) is 4.36. The van der Waals surface area contributed by atoms with E-state index in [9.17, 15) is 0 Å². The predicted molar refractivity (Wildman–Crippen MR) is 31.2 cm³/mol. The summed E-state index contributed by atoms with van der Waals surface area (Å²) in [4.78, 5) is 3.63. The molecule has 0 aromatic heterocycles. The summed E-state index contributed by atoms with van der Waals surface area (Å²) in [5, 5.41) is 0. The second-order valence-corrected chi connectivity index (χ2v) is 1.09. The molecule has 0 aromatic rings. The van der Waals surface area contributed by atoms with E-state index in [0.717, 1.165) is 12.8 Å². The normalized spacial score (nSPS) is 5.71. The lowest BCUT2D eigenvalue weighted by Gasteiger charge is -1.64. The molecule has 0 saturated heterocycles. The van der Waals surface area contributed by atoms with Crippen LogP contribution in [0.3, 0.4) is 0 Å². The van der Waals surface area contributed by atoms with Gasteiger partial charge in [-0.3, -0.25) is 0 Å². The van der Waals surface area contributed by atoms with E-state index in [1.807, 2.05) is 0 Å². The largest absolute Gasteiger partial charge is 0.273 e. The highest BCUT2D eigenvalue weighted by atomic mass is 14.6. The van der Waals surface area contributed by atoms with Gasteiger partial charge >= 0.3 is 0 Å². The Bertz CT molecular complexity index is 119. The fourth-order valence-electron chi connectivity index (χ4n) is 0.240. The number of rotatable bonds is 1. The van der Waals surface area contributed by atoms with Crippen molar-refractivity contribution in [1.82, 2.24) is 0 Å². The molecule has 0 rings (SSSR count). The van der Waals surface area contributed by atoms with Crippen molar-refractivity contribution in [2.45, 2.75) is 12.8 Å². The van der Waals surface area contributed by atoms with Crippen LogP contribution in [0.5, 0.6) is 0 Å². The average molecular weight is 94.1 g/mol. The Morgan fingerprint density at radius 3 is 2.71 bits per heavy atom. The first-order valence-electron chi connectivity index (χ1n) is 2.17. The van der Waals surface area contributed by atoms with E-state index in [0.29, 0.717) is 0 Å². The number of hydrogen-bond acceptors (Lipinski definition) is 0. The average Bonchev–Trinajstić information content (AvgIpc) is 1.69.